The summed E-state index contributed by atoms with van der Waals surface area (Å²) in [5.74, 6) is -0.0484. The van der Waals surface area contributed by atoms with Crippen molar-refractivity contribution in [1.82, 2.24) is 10.2 Å². The number of amides is 3. The minimum atomic E-state index is -0.683. The van der Waals surface area contributed by atoms with Crippen LogP contribution in [0.5, 0.6) is 23.0 Å². The zero-order valence-electron chi connectivity index (χ0n) is 23.8. The van der Waals surface area contributed by atoms with Gasteiger partial charge in [-0.25, -0.2) is 4.79 Å². The lowest BCUT2D eigenvalue weighted by atomic mass is 10.1. The highest BCUT2D eigenvalue weighted by molar-refractivity contribution is 6.34. The number of aliphatic imine (C=N–C) groups is 1. The van der Waals surface area contributed by atoms with Gasteiger partial charge in [0.25, 0.3) is 11.8 Å². The molecule has 0 spiro atoms. The van der Waals surface area contributed by atoms with Crippen LogP contribution in [0.4, 0.5) is 4.79 Å². The number of ether oxygens (including phenoxy) is 5. The van der Waals surface area contributed by atoms with Gasteiger partial charge in [-0.2, -0.15) is 4.99 Å². The number of nitrogens with one attached hydrogen (secondary N) is 1. The Hall–Kier alpha value is -4.29. The van der Waals surface area contributed by atoms with E-state index < -0.39 is 17.6 Å². The third-order valence-electron chi connectivity index (χ3n) is 5.94. The van der Waals surface area contributed by atoms with Crippen LogP contribution in [0.25, 0.3) is 0 Å². The SMILES string of the molecule is CN1CCOc2c(ccc(Oc3cc(OC4CCOC4)cc(C(=O)N=C(N)/C=C\NC(=O)OC(C)(C)C)c3)c2Cl)C1=O. The van der Waals surface area contributed by atoms with Gasteiger partial charge in [-0.05, 0) is 51.1 Å². The summed E-state index contributed by atoms with van der Waals surface area (Å²) in [6.07, 6.45) is 2.28. The molecule has 2 aromatic rings. The highest BCUT2D eigenvalue weighted by atomic mass is 35.5. The van der Waals surface area contributed by atoms with Gasteiger partial charge in [0.05, 0.1) is 25.3 Å². The van der Waals surface area contributed by atoms with E-state index in [0.29, 0.717) is 37.5 Å². The molecule has 3 amide bonds. The van der Waals surface area contributed by atoms with E-state index in [0.717, 1.165) is 0 Å². The molecule has 2 aliphatic heterocycles. The molecule has 3 N–H and O–H groups in total. The fourth-order valence-electron chi connectivity index (χ4n) is 3.99. The maximum Gasteiger partial charge on any atom is 0.411 e. The van der Waals surface area contributed by atoms with E-state index in [2.05, 4.69) is 10.3 Å². The van der Waals surface area contributed by atoms with Crippen molar-refractivity contribution in [2.24, 2.45) is 10.7 Å². The van der Waals surface area contributed by atoms with Gasteiger partial charge in [-0.1, -0.05) is 11.6 Å². The molecule has 0 radical (unpaired) electrons. The van der Waals surface area contributed by atoms with Gasteiger partial charge < -0.3 is 34.3 Å². The Morgan fingerprint density at radius 3 is 2.67 bits per heavy atom. The average molecular weight is 601 g/mol. The molecular formula is C29H33ClN4O8. The molecule has 1 atom stereocenters. The first kappa shape index (κ1) is 30.7. The van der Waals surface area contributed by atoms with Crippen LogP contribution in [0.15, 0.2) is 47.6 Å². The number of hydrogen-bond acceptors (Lipinski definition) is 8. The van der Waals surface area contributed by atoms with Crippen LogP contribution < -0.4 is 25.3 Å². The quantitative estimate of drug-likeness (QED) is 0.350. The van der Waals surface area contributed by atoms with Crippen LogP contribution in [0.2, 0.25) is 5.02 Å². The van der Waals surface area contributed by atoms with Gasteiger partial charge in [-0.3, -0.25) is 14.9 Å². The number of fused-ring (bicyclic) bond motifs is 1. The van der Waals surface area contributed by atoms with E-state index in [1.165, 1.54) is 24.4 Å². The third-order valence-corrected chi connectivity index (χ3v) is 6.30. The molecule has 4 rings (SSSR count). The predicted molar refractivity (Wildman–Crippen MR) is 155 cm³/mol. The van der Waals surface area contributed by atoms with E-state index >= 15 is 0 Å². The van der Waals surface area contributed by atoms with Gasteiger partial charge in [0, 0.05) is 31.3 Å². The fraction of sp³-hybridized carbons (Fsp3) is 0.379. The van der Waals surface area contributed by atoms with E-state index in [4.69, 9.17) is 41.0 Å². The zero-order valence-corrected chi connectivity index (χ0v) is 24.5. The van der Waals surface area contributed by atoms with E-state index in [1.54, 1.807) is 50.9 Å². The van der Waals surface area contributed by atoms with Crippen LogP contribution >= 0.6 is 11.6 Å². The van der Waals surface area contributed by atoms with Crippen LogP contribution in [-0.2, 0) is 9.47 Å². The van der Waals surface area contributed by atoms with Gasteiger partial charge >= 0.3 is 6.09 Å². The molecule has 0 aromatic heterocycles. The summed E-state index contributed by atoms with van der Waals surface area (Å²) in [5, 5.41) is 2.51. The molecule has 0 aliphatic carbocycles. The van der Waals surface area contributed by atoms with Crippen molar-refractivity contribution < 1.29 is 38.1 Å². The Morgan fingerprint density at radius 1 is 1.19 bits per heavy atom. The lowest BCUT2D eigenvalue weighted by Gasteiger charge is -2.18. The average Bonchev–Trinajstić information content (AvgIpc) is 3.37. The second-order valence-electron chi connectivity index (χ2n) is 10.5. The molecule has 224 valence electrons. The molecular weight excluding hydrogens is 568 g/mol. The number of halogens is 1. The number of alkyl carbamates (subject to hydrolysis) is 1. The largest absolute Gasteiger partial charge is 0.489 e. The number of benzene rings is 2. The molecule has 1 unspecified atom stereocenters. The summed E-state index contributed by atoms with van der Waals surface area (Å²) in [6, 6.07) is 7.71. The number of carbonyl (C=O) groups is 3. The van der Waals surface area contributed by atoms with Crippen molar-refractivity contribution >= 4 is 35.3 Å². The second-order valence-corrected chi connectivity index (χ2v) is 10.9. The fourth-order valence-corrected chi connectivity index (χ4v) is 4.25. The molecule has 42 heavy (non-hydrogen) atoms. The first-order chi connectivity index (χ1) is 19.9. The maximum atomic E-state index is 13.1. The summed E-state index contributed by atoms with van der Waals surface area (Å²) in [7, 11) is 1.68. The van der Waals surface area contributed by atoms with E-state index in [1.807, 2.05) is 0 Å². The van der Waals surface area contributed by atoms with Crippen molar-refractivity contribution in [3.63, 3.8) is 0 Å². The summed E-state index contributed by atoms with van der Waals surface area (Å²) in [4.78, 5) is 43.0. The first-order valence-corrected chi connectivity index (χ1v) is 13.6. The van der Waals surface area contributed by atoms with Crippen LogP contribution in [0.3, 0.4) is 0 Å². The van der Waals surface area contributed by atoms with Crippen molar-refractivity contribution in [1.29, 1.82) is 0 Å². The van der Waals surface area contributed by atoms with E-state index in [9.17, 15) is 14.4 Å². The Balaban J connectivity index is 1.57. The Bertz CT molecular complexity index is 1410. The normalized spacial score (nSPS) is 17.4. The number of nitrogens with two attached hydrogens (primary N) is 1. The van der Waals surface area contributed by atoms with Crippen molar-refractivity contribution in [2.75, 3.05) is 33.4 Å². The summed E-state index contributed by atoms with van der Waals surface area (Å²) in [6.45, 7) is 6.84. The molecule has 12 nitrogen and oxygen atoms in total. The third kappa shape index (κ3) is 8.14. The summed E-state index contributed by atoms with van der Waals surface area (Å²) < 4.78 is 28.4. The van der Waals surface area contributed by atoms with Crippen LogP contribution in [0.1, 0.15) is 47.9 Å². The number of likely N-dealkylation sites (N-methyl/N-ethyl adjacent to an activating group) is 1. The lowest BCUT2D eigenvalue weighted by Crippen LogP contribution is -2.30. The lowest BCUT2D eigenvalue weighted by molar-refractivity contribution is 0.0552. The zero-order chi connectivity index (χ0) is 30.4. The Morgan fingerprint density at radius 2 is 1.95 bits per heavy atom. The van der Waals surface area contributed by atoms with E-state index in [-0.39, 0.29) is 52.3 Å². The molecule has 1 fully saturated rings. The standard InChI is InChI=1S/C29H33ClN4O8/c1-29(2,3)42-28(37)32-9-7-23(31)33-26(35)17-13-19(40-18-8-11-38-16-18)15-20(14-17)41-22-6-5-21-25(24(22)30)39-12-10-34(4)27(21)36/h5-7,9,13-15,18H,8,10-12,16H2,1-4H3,(H,32,37)(H2,31,33,35)/b9-7-. The highest BCUT2D eigenvalue weighted by Gasteiger charge is 2.26. The molecule has 2 aromatic carbocycles. The minimum absolute atomic E-state index is 0.115. The van der Waals surface area contributed by atoms with Crippen molar-refractivity contribution in [3.8, 4) is 23.0 Å². The van der Waals surface area contributed by atoms with Gasteiger partial charge in [-0.15, -0.1) is 0 Å². The predicted octanol–water partition coefficient (Wildman–Crippen LogP) is 4.30. The molecule has 2 aliphatic rings. The number of hydrogen-bond donors (Lipinski definition) is 2. The number of rotatable bonds is 7. The molecule has 1 saturated heterocycles. The topological polar surface area (TPSA) is 151 Å². The minimum Gasteiger partial charge on any atom is -0.489 e. The smallest absolute Gasteiger partial charge is 0.411 e. The van der Waals surface area contributed by atoms with Crippen LogP contribution in [-0.4, -0.2) is 73.8 Å². The summed E-state index contributed by atoms with van der Waals surface area (Å²) in [5.41, 5.74) is 5.65. The van der Waals surface area contributed by atoms with Gasteiger partial charge in [0.1, 0.15) is 46.4 Å². The Kier molecular flexibility index (Phi) is 9.59. The molecule has 2 heterocycles. The highest BCUT2D eigenvalue weighted by Crippen LogP contribution is 2.41. The molecule has 13 heteroatoms. The monoisotopic (exact) mass is 600 g/mol. The second kappa shape index (κ2) is 13.1. The molecule has 0 saturated carbocycles. The maximum absolute atomic E-state index is 13.1. The molecule has 0 bridgehead atoms. The van der Waals surface area contributed by atoms with Gasteiger partial charge in [0.15, 0.2) is 5.75 Å². The number of carbonyl (C=O) groups excluding carboxylic acids is 3. The first-order valence-electron chi connectivity index (χ1n) is 13.2. The van der Waals surface area contributed by atoms with Crippen molar-refractivity contribution in [2.45, 2.75) is 38.9 Å². The van der Waals surface area contributed by atoms with Gasteiger partial charge in [0.2, 0.25) is 0 Å². The van der Waals surface area contributed by atoms with Crippen molar-refractivity contribution in [3.05, 3.63) is 58.8 Å². The summed E-state index contributed by atoms with van der Waals surface area (Å²) >= 11 is 6.60. The number of amidine groups is 1. The number of nitrogens with zero attached hydrogens (tertiary/aromatic N) is 2. The Labute approximate surface area is 248 Å². The van der Waals surface area contributed by atoms with Crippen LogP contribution in [0, 0.1) is 0 Å².